The summed E-state index contributed by atoms with van der Waals surface area (Å²) in [6, 6.07) is 15.3. The first kappa shape index (κ1) is 18.7. The normalized spacial score (nSPS) is 11.0. The Labute approximate surface area is 157 Å². The van der Waals surface area contributed by atoms with Crippen LogP contribution in [0.4, 0.5) is 21.6 Å². The molecule has 0 saturated heterocycles. The fourth-order valence-electron chi connectivity index (χ4n) is 2.34. The van der Waals surface area contributed by atoms with Gasteiger partial charge in [0.1, 0.15) is 17.4 Å². The lowest BCUT2D eigenvalue weighted by Gasteiger charge is -2.10. The van der Waals surface area contributed by atoms with Crippen molar-refractivity contribution < 1.29 is 17.5 Å². The van der Waals surface area contributed by atoms with E-state index in [0.717, 1.165) is 0 Å². The van der Waals surface area contributed by atoms with Gasteiger partial charge in [-0.3, -0.25) is 4.72 Å². The average Bonchev–Trinajstić information content (AvgIpc) is 2.64. The Morgan fingerprint density at radius 2 is 1.81 bits per heavy atom. The molecule has 0 aliphatic carbocycles. The van der Waals surface area contributed by atoms with Crippen molar-refractivity contribution in [2.75, 3.05) is 16.6 Å². The first-order valence-electron chi connectivity index (χ1n) is 8.20. The number of sulfonamides is 1. The van der Waals surface area contributed by atoms with E-state index in [1.54, 1.807) is 36.4 Å². The minimum atomic E-state index is -3.74. The molecule has 1 aromatic heterocycles. The Hall–Kier alpha value is -3.13. The van der Waals surface area contributed by atoms with Crippen molar-refractivity contribution in [1.82, 2.24) is 4.98 Å². The molecule has 1 heterocycles. The summed E-state index contributed by atoms with van der Waals surface area (Å²) in [5.41, 5.74) is 0.860. The van der Waals surface area contributed by atoms with Gasteiger partial charge >= 0.3 is 0 Å². The highest BCUT2D eigenvalue weighted by molar-refractivity contribution is 7.92. The predicted octanol–water partition coefficient (Wildman–Crippen LogP) is 4.16. The maximum absolute atomic E-state index is 13.2. The molecule has 0 spiro atoms. The van der Waals surface area contributed by atoms with Crippen molar-refractivity contribution in [3.05, 3.63) is 72.7 Å². The molecule has 27 heavy (non-hydrogen) atoms. The number of ether oxygens (including phenoxy) is 1. The van der Waals surface area contributed by atoms with Gasteiger partial charge in [0.05, 0.1) is 23.4 Å². The van der Waals surface area contributed by atoms with Crippen molar-refractivity contribution in [1.29, 1.82) is 0 Å². The Bertz CT molecular complexity index is 1010. The highest BCUT2D eigenvalue weighted by Crippen LogP contribution is 2.21. The second-order valence-electron chi connectivity index (χ2n) is 5.58. The fourth-order valence-corrected chi connectivity index (χ4v) is 3.38. The molecule has 0 atom stereocenters. The van der Waals surface area contributed by atoms with Crippen LogP contribution in [0, 0.1) is 5.82 Å². The van der Waals surface area contributed by atoms with Gasteiger partial charge in [0.25, 0.3) is 10.0 Å². The number of hydrogen-bond donors (Lipinski definition) is 2. The summed E-state index contributed by atoms with van der Waals surface area (Å²) < 4.78 is 45.9. The summed E-state index contributed by atoms with van der Waals surface area (Å²) in [5, 5.41) is 2.94. The van der Waals surface area contributed by atoms with E-state index in [4.69, 9.17) is 4.74 Å². The summed E-state index contributed by atoms with van der Waals surface area (Å²) >= 11 is 0. The summed E-state index contributed by atoms with van der Waals surface area (Å²) in [7, 11) is -3.74. The van der Waals surface area contributed by atoms with Crippen molar-refractivity contribution in [3.63, 3.8) is 0 Å². The van der Waals surface area contributed by atoms with Gasteiger partial charge in [0, 0.05) is 5.69 Å². The van der Waals surface area contributed by atoms with Crippen LogP contribution in [0.3, 0.4) is 0 Å². The zero-order valence-electron chi connectivity index (χ0n) is 14.5. The van der Waals surface area contributed by atoms with Crippen LogP contribution in [0.2, 0.25) is 0 Å². The molecule has 0 aliphatic heterocycles. The van der Waals surface area contributed by atoms with E-state index in [-0.39, 0.29) is 10.7 Å². The molecule has 6 nitrogen and oxygen atoms in total. The van der Waals surface area contributed by atoms with Gasteiger partial charge in [-0.2, -0.15) is 0 Å². The molecule has 2 N–H and O–H groups in total. The van der Waals surface area contributed by atoms with Gasteiger partial charge in [-0.1, -0.05) is 6.07 Å². The number of nitrogens with zero attached hydrogens (tertiary/aromatic N) is 1. The maximum atomic E-state index is 13.2. The third-order valence-electron chi connectivity index (χ3n) is 3.56. The Balaban J connectivity index is 1.69. The Morgan fingerprint density at radius 3 is 2.44 bits per heavy atom. The molecule has 140 valence electrons. The molecule has 0 amide bonds. The van der Waals surface area contributed by atoms with Crippen LogP contribution >= 0.6 is 0 Å². The van der Waals surface area contributed by atoms with Gasteiger partial charge in [0.2, 0.25) is 0 Å². The maximum Gasteiger partial charge on any atom is 0.261 e. The van der Waals surface area contributed by atoms with Gasteiger partial charge in [0.15, 0.2) is 0 Å². The minimum absolute atomic E-state index is 0.118. The van der Waals surface area contributed by atoms with Gasteiger partial charge < -0.3 is 10.1 Å². The third-order valence-corrected chi connectivity index (χ3v) is 4.95. The second-order valence-corrected chi connectivity index (χ2v) is 7.26. The van der Waals surface area contributed by atoms with E-state index in [1.165, 1.54) is 30.5 Å². The molecule has 0 unspecified atom stereocenters. The monoisotopic (exact) mass is 387 g/mol. The smallest absolute Gasteiger partial charge is 0.261 e. The summed E-state index contributed by atoms with van der Waals surface area (Å²) in [4.78, 5) is 4.26. The minimum Gasteiger partial charge on any atom is -0.494 e. The van der Waals surface area contributed by atoms with Crippen molar-refractivity contribution in [2.45, 2.75) is 11.8 Å². The van der Waals surface area contributed by atoms with Crippen molar-refractivity contribution in [2.24, 2.45) is 0 Å². The second kappa shape index (κ2) is 8.05. The average molecular weight is 387 g/mol. The molecule has 0 saturated carbocycles. The lowest BCUT2D eigenvalue weighted by Crippen LogP contribution is -2.13. The number of rotatable bonds is 7. The quantitative estimate of drug-likeness (QED) is 0.636. The Kier molecular flexibility index (Phi) is 5.56. The van der Waals surface area contributed by atoms with Crippen molar-refractivity contribution >= 4 is 27.2 Å². The molecular formula is C19H18FN3O3S. The van der Waals surface area contributed by atoms with Gasteiger partial charge in [-0.05, 0) is 61.5 Å². The van der Waals surface area contributed by atoms with E-state index in [1.807, 2.05) is 6.92 Å². The largest absolute Gasteiger partial charge is 0.494 e. The fraction of sp³-hybridized carbons (Fsp3) is 0.105. The molecular weight excluding hydrogens is 369 g/mol. The van der Waals surface area contributed by atoms with E-state index >= 15 is 0 Å². The first-order chi connectivity index (χ1) is 13.0. The van der Waals surface area contributed by atoms with E-state index in [2.05, 4.69) is 15.0 Å². The number of hydrogen-bond acceptors (Lipinski definition) is 5. The number of aromatic nitrogens is 1. The van der Waals surface area contributed by atoms with Crippen LogP contribution < -0.4 is 14.8 Å². The highest BCUT2D eigenvalue weighted by Gasteiger charge is 2.14. The SMILES string of the molecule is CCOc1ccc(S(=O)(=O)Nc2ccc(Nc3cccc(F)c3)nc2)cc1. The molecule has 0 fully saturated rings. The van der Waals surface area contributed by atoms with Crippen LogP contribution in [-0.2, 0) is 10.0 Å². The van der Waals surface area contributed by atoms with Crippen LogP contribution in [-0.4, -0.2) is 20.0 Å². The lowest BCUT2D eigenvalue weighted by atomic mass is 10.3. The number of pyridine rings is 1. The first-order valence-corrected chi connectivity index (χ1v) is 9.69. The molecule has 0 bridgehead atoms. The summed E-state index contributed by atoms with van der Waals surface area (Å²) in [5.74, 6) is 0.704. The van der Waals surface area contributed by atoms with Crippen LogP contribution in [0.5, 0.6) is 5.75 Å². The van der Waals surface area contributed by atoms with E-state index in [9.17, 15) is 12.8 Å². The van der Waals surface area contributed by atoms with Crippen LogP contribution in [0.1, 0.15) is 6.92 Å². The Morgan fingerprint density at radius 1 is 1.04 bits per heavy atom. The number of benzene rings is 2. The number of anilines is 3. The summed E-state index contributed by atoms with van der Waals surface area (Å²) in [6.45, 7) is 2.36. The highest BCUT2D eigenvalue weighted by atomic mass is 32.2. The lowest BCUT2D eigenvalue weighted by molar-refractivity contribution is 0.340. The molecule has 2 aromatic carbocycles. The standard InChI is InChI=1S/C19H18FN3O3S/c1-2-26-17-7-9-18(10-8-17)27(24,25)23-16-6-11-19(21-13-16)22-15-5-3-4-14(20)12-15/h3-13,23H,2H2,1H3,(H,21,22). The zero-order chi connectivity index (χ0) is 19.3. The topological polar surface area (TPSA) is 80.3 Å². The molecule has 0 radical (unpaired) electrons. The van der Waals surface area contributed by atoms with Crippen LogP contribution in [0.25, 0.3) is 0 Å². The molecule has 3 aromatic rings. The molecule has 3 rings (SSSR count). The van der Waals surface area contributed by atoms with E-state index in [0.29, 0.717) is 29.5 Å². The van der Waals surface area contributed by atoms with E-state index < -0.39 is 10.0 Å². The number of halogens is 1. The van der Waals surface area contributed by atoms with Crippen molar-refractivity contribution in [3.8, 4) is 5.75 Å². The van der Waals surface area contributed by atoms with Gasteiger partial charge in [-0.25, -0.2) is 17.8 Å². The summed E-state index contributed by atoms with van der Waals surface area (Å²) in [6.07, 6.45) is 1.38. The van der Waals surface area contributed by atoms with Crippen LogP contribution in [0.15, 0.2) is 71.8 Å². The molecule has 0 aliphatic rings. The zero-order valence-corrected chi connectivity index (χ0v) is 15.3. The predicted molar refractivity (Wildman–Crippen MR) is 102 cm³/mol. The van der Waals surface area contributed by atoms with Gasteiger partial charge in [-0.15, -0.1) is 0 Å². The molecule has 8 heteroatoms. The number of nitrogens with one attached hydrogen (secondary N) is 2. The third kappa shape index (κ3) is 4.95.